The van der Waals surface area contributed by atoms with E-state index in [0.717, 1.165) is 12.0 Å². The number of halogens is 2. The quantitative estimate of drug-likeness (QED) is 0.434. The van der Waals surface area contributed by atoms with Gasteiger partial charge < -0.3 is 10.2 Å². The number of nitrogens with one attached hydrogen (secondary N) is 1. The molecule has 1 amide bonds. The predicted molar refractivity (Wildman–Crippen MR) is 133 cm³/mol. The van der Waals surface area contributed by atoms with Crippen LogP contribution in [0.3, 0.4) is 0 Å². The fourth-order valence-electron chi connectivity index (χ4n) is 4.43. The summed E-state index contributed by atoms with van der Waals surface area (Å²) in [7, 11) is 0. The maximum atomic E-state index is 13.9. The lowest BCUT2D eigenvalue weighted by molar-refractivity contribution is -0.125. The summed E-state index contributed by atoms with van der Waals surface area (Å²) in [6.45, 7) is 1.42. The Bertz CT molecular complexity index is 1420. The van der Waals surface area contributed by atoms with E-state index in [2.05, 4.69) is 5.32 Å². The van der Waals surface area contributed by atoms with Crippen molar-refractivity contribution in [1.82, 2.24) is 14.9 Å². The Labute approximate surface area is 204 Å². The first-order chi connectivity index (χ1) is 17.0. The van der Waals surface area contributed by atoms with Gasteiger partial charge >= 0.3 is 0 Å². The van der Waals surface area contributed by atoms with Gasteiger partial charge in [-0.2, -0.15) is 0 Å². The number of carbonyl (C=O) groups is 1. The van der Waals surface area contributed by atoms with Gasteiger partial charge in [-0.25, -0.2) is 13.8 Å². The molecule has 1 aliphatic rings. The van der Waals surface area contributed by atoms with E-state index in [-0.39, 0.29) is 42.1 Å². The molecule has 0 spiro atoms. The third-order valence-corrected chi connectivity index (χ3v) is 7.18. The van der Waals surface area contributed by atoms with Crippen LogP contribution in [-0.4, -0.2) is 28.5 Å². The lowest BCUT2D eigenvalue weighted by Crippen LogP contribution is -2.45. The largest absolute Gasteiger partial charge is 0.352 e. The smallest absolute Gasteiger partial charge is 0.273 e. The van der Waals surface area contributed by atoms with Gasteiger partial charge in [-0.1, -0.05) is 30.3 Å². The summed E-state index contributed by atoms with van der Waals surface area (Å²) in [5.74, 6) is -0.659. The number of aromatic nitrogens is 2. The van der Waals surface area contributed by atoms with Crippen LogP contribution in [0, 0.1) is 17.6 Å². The number of hydrogen-bond acceptors (Lipinski definition) is 5. The van der Waals surface area contributed by atoms with Crippen LogP contribution >= 0.6 is 11.3 Å². The summed E-state index contributed by atoms with van der Waals surface area (Å²) in [6, 6.07) is 14.2. The van der Waals surface area contributed by atoms with E-state index >= 15 is 0 Å². The fourth-order valence-corrected chi connectivity index (χ4v) is 5.21. The monoisotopic (exact) mass is 494 g/mol. The molecule has 5 rings (SSSR count). The second-order valence-electron chi connectivity index (χ2n) is 8.66. The standard InChI is InChI=1S/C26H24F2N4O2S/c27-20-9-7-17(8-10-20)15-32-25(34)23-22(11-13-35-23)30-26(32)31-12-3-5-19(16-31)24(33)29-14-18-4-1-2-6-21(18)28/h1-2,4,6-11,13,19H,3,5,12,14-16H2,(H,29,33)/t19-/m1/s1. The molecule has 35 heavy (non-hydrogen) atoms. The number of thiophene rings is 1. The van der Waals surface area contributed by atoms with Crippen LogP contribution in [0.25, 0.3) is 10.2 Å². The first-order valence-electron chi connectivity index (χ1n) is 11.5. The van der Waals surface area contributed by atoms with Crippen LogP contribution in [0.1, 0.15) is 24.0 Å². The van der Waals surface area contributed by atoms with Gasteiger partial charge in [-0.05, 0) is 48.1 Å². The fraction of sp³-hybridized carbons (Fsp3) is 0.269. The first kappa shape index (κ1) is 23.2. The Hall–Kier alpha value is -3.59. The van der Waals surface area contributed by atoms with Crippen molar-refractivity contribution < 1.29 is 13.6 Å². The third-order valence-electron chi connectivity index (χ3n) is 6.29. The van der Waals surface area contributed by atoms with Crippen LogP contribution in [0.4, 0.5) is 14.7 Å². The highest BCUT2D eigenvalue weighted by atomic mass is 32.1. The SMILES string of the molecule is O=C(NCc1ccccc1F)[C@@H]1CCCN(c2nc3ccsc3c(=O)n2Cc2ccc(F)cc2)C1. The van der Waals surface area contributed by atoms with Crippen molar-refractivity contribution in [2.24, 2.45) is 5.92 Å². The molecule has 0 aliphatic carbocycles. The molecule has 0 bridgehead atoms. The summed E-state index contributed by atoms with van der Waals surface area (Å²) in [4.78, 5) is 33.0. The van der Waals surface area contributed by atoms with Crippen molar-refractivity contribution in [1.29, 1.82) is 0 Å². The Balaban J connectivity index is 1.39. The van der Waals surface area contributed by atoms with Crippen LogP contribution in [-0.2, 0) is 17.9 Å². The third kappa shape index (κ3) is 4.95. The van der Waals surface area contributed by atoms with Crippen molar-refractivity contribution in [3.8, 4) is 0 Å². The number of fused-ring (bicyclic) bond motifs is 1. The van der Waals surface area contributed by atoms with E-state index in [1.165, 1.54) is 29.5 Å². The second-order valence-corrected chi connectivity index (χ2v) is 9.58. The van der Waals surface area contributed by atoms with Crippen LogP contribution in [0.15, 0.2) is 64.8 Å². The van der Waals surface area contributed by atoms with Crippen LogP contribution in [0.5, 0.6) is 0 Å². The Morgan fingerprint density at radius 3 is 2.71 bits per heavy atom. The number of piperidine rings is 1. The van der Waals surface area contributed by atoms with Crippen molar-refractivity contribution >= 4 is 33.4 Å². The molecule has 2 aromatic heterocycles. The van der Waals surface area contributed by atoms with Gasteiger partial charge in [0, 0.05) is 25.2 Å². The number of carbonyl (C=O) groups excluding carboxylic acids is 1. The number of nitrogens with zero attached hydrogens (tertiary/aromatic N) is 3. The lowest BCUT2D eigenvalue weighted by atomic mass is 9.97. The van der Waals surface area contributed by atoms with E-state index in [1.54, 1.807) is 34.9 Å². The molecule has 180 valence electrons. The highest BCUT2D eigenvalue weighted by molar-refractivity contribution is 7.17. The number of anilines is 1. The molecule has 1 fully saturated rings. The Morgan fingerprint density at radius 1 is 1.11 bits per heavy atom. The van der Waals surface area contributed by atoms with E-state index in [4.69, 9.17) is 4.98 Å². The summed E-state index contributed by atoms with van der Waals surface area (Å²) in [6.07, 6.45) is 1.45. The molecule has 1 aliphatic heterocycles. The number of hydrogen-bond donors (Lipinski definition) is 1. The zero-order chi connectivity index (χ0) is 24.4. The number of benzene rings is 2. The summed E-state index contributed by atoms with van der Waals surface area (Å²) in [5.41, 5.74) is 1.68. The molecule has 1 N–H and O–H groups in total. The summed E-state index contributed by atoms with van der Waals surface area (Å²) < 4.78 is 29.5. The molecule has 0 saturated carbocycles. The van der Waals surface area contributed by atoms with E-state index in [0.29, 0.717) is 41.2 Å². The van der Waals surface area contributed by atoms with E-state index in [1.807, 2.05) is 16.3 Å². The predicted octanol–water partition coefficient (Wildman–Crippen LogP) is 4.32. The van der Waals surface area contributed by atoms with Crippen LogP contribution < -0.4 is 15.8 Å². The maximum absolute atomic E-state index is 13.9. The van der Waals surface area contributed by atoms with Crippen molar-refractivity contribution in [2.75, 3.05) is 18.0 Å². The van der Waals surface area contributed by atoms with Gasteiger partial charge in [-0.15, -0.1) is 11.3 Å². The van der Waals surface area contributed by atoms with Crippen molar-refractivity contribution in [2.45, 2.75) is 25.9 Å². The molecule has 4 aromatic rings. The molecule has 1 saturated heterocycles. The molecule has 6 nitrogen and oxygen atoms in total. The zero-order valence-corrected chi connectivity index (χ0v) is 19.7. The summed E-state index contributed by atoms with van der Waals surface area (Å²) in [5, 5.41) is 4.68. The normalized spacial score (nSPS) is 15.9. The average molecular weight is 495 g/mol. The maximum Gasteiger partial charge on any atom is 0.273 e. The minimum Gasteiger partial charge on any atom is -0.352 e. The highest BCUT2D eigenvalue weighted by Crippen LogP contribution is 2.25. The van der Waals surface area contributed by atoms with Crippen molar-refractivity contribution in [3.05, 3.63) is 93.1 Å². The van der Waals surface area contributed by atoms with E-state index in [9.17, 15) is 18.4 Å². The van der Waals surface area contributed by atoms with Gasteiger partial charge in [0.15, 0.2) is 0 Å². The highest BCUT2D eigenvalue weighted by Gasteiger charge is 2.29. The lowest BCUT2D eigenvalue weighted by Gasteiger charge is -2.34. The minimum atomic E-state index is -0.351. The molecule has 0 radical (unpaired) electrons. The molecule has 9 heteroatoms. The molecular formula is C26H24F2N4O2S. The van der Waals surface area contributed by atoms with Gasteiger partial charge in [0.05, 0.1) is 18.0 Å². The topological polar surface area (TPSA) is 67.2 Å². The minimum absolute atomic E-state index is 0.121. The Kier molecular flexibility index (Phi) is 6.59. The van der Waals surface area contributed by atoms with Gasteiger partial charge in [0.25, 0.3) is 5.56 Å². The molecule has 2 aromatic carbocycles. The first-order valence-corrected chi connectivity index (χ1v) is 12.4. The van der Waals surface area contributed by atoms with Gasteiger partial charge in [-0.3, -0.25) is 14.2 Å². The summed E-state index contributed by atoms with van der Waals surface area (Å²) >= 11 is 1.34. The number of amides is 1. The Morgan fingerprint density at radius 2 is 1.91 bits per heavy atom. The second kappa shape index (κ2) is 9.95. The molecular weight excluding hydrogens is 470 g/mol. The van der Waals surface area contributed by atoms with Gasteiger partial charge in [0.1, 0.15) is 16.3 Å². The molecule has 3 heterocycles. The van der Waals surface area contributed by atoms with E-state index < -0.39 is 0 Å². The van der Waals surface area contributed by atoms with Crippen LogP contribution in [0.2, 0.25) is 0 Å². The zero-order valence-electron chi connectivity index (χ0n) is 18.9. The van der Waals surface area contributed by atoms with Crippen molar-refractivity contribution in [3.63, 3.8) is 0 Å². The van der Waals surface area contributed by atoms with Gasteiger partial charge in [0.2, 0.25) is 11.9 Å². The number of rotatable bonds is 6. The average Bonchev–Trinajstić information content (AvgIpc) is 3.35. The molecule has 1 atom stereocenters. The molecule has 0 unspecified atom stereocenters.